The highest BCUT2D eigenvalue weighted by molar-refractivity contribution is 6.30. The van der Waals surface area contributed by atoms with E-state index >= 15 is 0 Å². The molecule has 1 saturated carbocycles. The van der Waals surface area contributed by atoms with Crippen LogP contribution in [0.4, 0.5) is 0 Å². The van der Waals surface area contributed by atoms with Crippen molar-refractivity contribution in [2.75, 3.05) is 13.1 Å². The van der Waals surface area contributed by atoms with Gasteiger partial charge in [0.05, 0.1) is 5.92 Å². The molecule has 0 bridgehead atoms. The van der Waals surface area contributed by atoms with Crippen LogP contribution in [0.15, 0.2) is 28.7 Å². The smallest absolute Gasteiger partial charge is 0.247 e. The molecule has 1 aliphatic heterocycles. The molecule has 1 saturated heterocycles. The molecule has 4 rings (SSSR count). The second-order valence-corrected chi connectivity index (χ2v) is 6.43. The van der Waals surface area contributed by atoms with E-state index in [1.165, 1.54) is 0 Å². The Bertz CT molecular complexity index is 694. The quantitative estimate of drug-likeness (QED) is 0.872. The monoisotopic (exact) mass is 317 g/mol. The van der Waals surface area contributed by atoms with Crippen LogP contribution in [0, 0.1) is 5.92 Å². The standard InChI is InChI=1S/C16H16ClN3O2/c17-13-5-3-10(4-6-13)14-18-19-15(22-14)12-7-8-20(9-12)16(21)11-1-2-11/h3-6,11-12H,1-2,7-9H2/t12-/m0/s1. The first kappa shape index (κ1) is 13.8. The van der Waals surface area contributed by atoms with E-state index in [2.05, 4.69) is 10.2 Å². The number of carbonyl (C=O) groups is 1. The number of nitrogens with zero attached hydrogens (tertiary/aromatic N) is 3. The Morgan fingerprint density at radius 2 is 1.95 bits per heavy atom. The summed E-state index contributed by atoms with van der Waals surface area (Å²) in [6.45, 7) is 1.48. The van der Waals surface area contributed by atoms with Crippen molar-refractivity contribution in [1.82, 2.24) is 15.1 Å². The van der Waals surface area contributed by atoms with E-state index in [0.29, 0.717) is 29.3 Å². The van der Waals surface area contributed by atoms with Crippen molar-refractivity contribution >= 4 is 17.5 Å². The molecule has 0 unspecified atom stereocenters. The highest BCUT2D eigenvalue weighted by atomic mass is 35.5. The van der Waals surface area contributed by atoms with Gasteiger partial charge in [0.1, 0.15) is 0 Å². The lowest BCUT2D eigenvalue weighted by atomic mass is 10.1. The van der Waals surface area contributed by atoms with E-state index in [-0.39, 0.29) is 11.8 Å². The number of hydrogen-bond donors (Lipinski definition) is 0. The van der Waals surface area contributed by atoms with Crippen molar-refractivity contribution in [3.8, 4) is 11.5 Å². The summed E-state index contributed by atoms with van der Waals surface area (Å²) in [6.07, 6.45) is 2.98. The molecule has 1 aromatic carbocycles. The fourth-order valence-electron chi connectivity index (χ4n) is 2.86. The van der Waals surface area contributed by atoms with Crippen LogP contribution in [0.3, 0.4) is 0 Å². The fraction of sp³-hybridized carbons (Fsp3) is 0.438. The predicted octanol–water partition coefficient (Wildman–Crippen LogP) is 3.12. The van der Waals surface area contributed by atoms with E-state index in [1.54, 1.807) is 12.1 Å². The minimum atomic E-state index is 0.149. The van der Waals surface area contributed by atoms with E-state index in [9.17, 15) is 4.79 Å². The summed E-state index contributed by atoms with van der Waals surface area (Å²) < 4.78 is 5.79. The molecule has 6 heteroatoms. The maximum atomic E-state index is 12.1. The van der Waals surface area contributed by atoms with Gasteiger partial charge in [-0.25, -0.2) is 0 Å². The zero-order valence-electron chi connectivity index (χ0n) is 12.0. The summed E-state index contributed by atoms with van der Waals surface area (Å²) in [6, 6.07) is 7.31. The van der Waals surface area contributed by atoms with E-state index in [0.717, 1.165) is 31.4 Å². The lowest BCUT2D eigenvalue weighted by Crippen LogP contribution is -2.29. The third-order valence-electron chi connectivity index (χ3n) is 4.31. The first-order valence-corrected chi connectivity index (χ1v) is 7.96. The molecule has 1 aromatic heterocycles. The maximum absolute atomic E-state index is 12.1. The molecule has 114 valence electrons. The highest BCUT2D eigenvalue weighted by Crippen LogP contribution is 2.35. The van der Waals surface area contributed by atoms with Gasteiger partial charge in [0.25, 0.3) is 0 Å². The van der Waals surface area contributed by atoms with E-state index in [4.69, 9.17) is 16.0 Å². The number of aromatic nitrogens is 2. The second kappa shape index (κ2) is 5.39. The van der Waals surface area contributed by atoms with Gasteiger partial charge in [-0.1, -0.05) is 11.6 Å². The largest absolute Gasteiger partial charge is 0.420 e. The lowest BCUT2D eigenvalue weighted by Gasteiger charge is -2.14. The Morgan fingerprint density at radius 1 is 1.18 bits per heavy atom. The number of amides is 1. The topological polar surface area (TPSA) is 59.2 Å². The molecule has 2 fully saturated rings. The summed E-state index contributed by atoms with van der Waals surface area (Å²) >= 11 is 5.88. The highest BCUT2D eigenvalue weighted by Gasteiger charge is 2.38. The summed E-state index contributed by atoms with van der Waals surface area (Å²) in [5.74, 6) is 1.83. The number of benzene rings is 1. The molecular formula is C16H16ClN3O2. The normalized spacial score (nSPS) is 21.3. The van der Waals surface area contributed by atoms with Gasteiger partial charge in [0.2, 0.25) is 17.7 Å². The zero-order valence-corrected chi connectivity index (χ0v) is 12.8. The zero-order chi connectivity index (χ0) is 15.1. The van der Waals surface area contributed by atoms with Gasteiger partial charge in [-0.15, -0.1) is 10.2 Å². The number of likely N-dealkylation sites (tertiary alicyclic amines) is 1. The number of hydrogen-bond acceptors (Lipinski definition) is 4. The number of halogens is 1. The van der Waals surface area contributed by atoms with Crippen LogP contribution in [0.2, 0.25) is 5.02 Å². The first-order chi connectivity index (χ1) is 10.7. The van der Waals surface area contributed by atoms with Crippen LogP contribution in [0.1, 0.15) is 31.1 Å². The third kappa shape index (κ3) is 2.61. The van der Waals surface area contributed by atoms with Crippen molar-refractivity contribution in [2.24, 2.45) is 5.92 Å². The molecule has 0 spiro atoms. The summed E-state index contributed by atoms with van der Waals surface area (Å²) in [7, 11) is 0. The Hall–Kier alpha value is -1.88. The van der Waals surface area contributed by atoms with Crippen LogP contribution in [-0.4, -0.2) is 34.1 Å². The van der Waals surface area contributed by atoms with Crippen LogP contribution < -0.4 is 0 Å². The number of rotatable bonds is 3. The molecule has 2 aromatic rings. The Balaban J connectivity index is 1.47. The van der Waals surface area contributed by atoms with Gasteiger partial charge < -0.3 is 9.32 Å². The van der Waals surface area contributed by atoms with Gasteiger partial charge >= 0.3 is 0 Å². The summed E-state index contributed by atoms with van der Waals surface area (Å²) in [4.78, 5) is 14.0. The van der Waals surface area contributed by atoms with Crippen molar-refractivity contribution < 1.29 is 9.21 Å². The van der Waals surface area contributed by atoms with Crippen molar-refractivity contribution in [2.45, 2.75) is 25.2 Å². The van der Waals surface area contributed by atoms with Gasteiger partial charge in [-0.3, -0.25) is 4.79 Å². The molecule has 5 nitrogen and oxygen atoms in total. The van der Waals surface area contributed by atoms with Gasteiger partial charge in [-0.05, 0) is 43.5 Å². The predicted molar refractivity (Wildman–Crippen MR) is 81.4 cm³/mol. The summed E-state index contributed by atoms with van der Waals surface area (Å²) in [5, 5.41) is 8.95. The molecule has 1 amide bonds. The van der Waals surface area contributed by atoms with Gasteiger partial charge in [-0.2, -0.15) is 0 Å². The lowest BCUT2D eigenvalue weighted by molar-refractivity contribution is -0.131. The molecule has 0 radical (unpaired) electrons. The summed E-state index contributed by atoms with van der Waals surface area (Å²) in [5.41, 5.74) is 0.854. The Kier molecular flexibility index (Phi) is 3.37. The van der Waals surface area contributed by atoms with Crippen molar-refractivity contribution in [3.63, 3.8) is 0 Å². The van der Waals surface area contributed by atoms with Crippen molar-refractivity contribution in [1.29, 1.82) is 0 Å². The fourth-order valence-corrected chi connectivity index (χ4v) is 2.99. The minimum absolute atomic E-state index is 0.149. The van der Waals surface area contributed by atoms with Crippen LogP contribution >= 0.6 is 11.6 Å². The molecule has 1 atom stereocenters. The van der Waals surface area contributed by atoms with Crippen LogP contribution in [0.25, 0.3) is 11.5 Å². The van der Waals surface area contributed by atoms with Crippen LogP contribution in [0.5, 0.6) is 0 Å². The second-order valence-electron chi connectivity index (χ2n) is 6.00. The molecule has 22 heavy (non-hydrogen) atoms. The Morgan fingerprint density at radius 3 is 2.68 bits per heavy atom. The minimum Gasteiger partial charge on any atom is -0.420 e. The SMILES string of the molecule is O=C(C1CC1)N1CC[C@H](c2nnc(-c3ccc(Cl)cc3)o2)C1. The first-order valence-electron chi connectivity index (χ1n) is 7.59. The van der Waals surface area contributed by atoms with Gasteiger partial charge in [0.15, 0.2) is 0 Å². The Labute approximate surface area is 133 Å². The molecule has 2 heterocycles. The van der Waals surface area contributed by atoms with E-state index < -0.39 is 0 Å². The molecule has 0 N–H and O–H groups in total. The third-order valence-corrected chi connectivity index (χ3v) is 4.56. The van der Waals surface area contributed by atoms with Crippen LogP contribution in [-0.2, 0) is 4.79 Å². The maximum Gasteiger partial charge on any atom is 0.247 e. The number of carbonyl (C=O) groups excluding carboxylic acids is 1. The van der Waals surface area contributed by atoms with E-state index in [1.807, 2.05) is 17.0 Å². The molecule has 2 aliphatic rings. The van der Waals surface area contributed by atoms with Crippen molar-refractivity contribution in [3.05, 3.63) is 35.2 Å². The average Bonchev–Trinajstić information content (AvgIpc) is 3.06. The average molecular weight is 318 g/mol. The molecular weight excluding hydrogens is 302 g/mol. The molecule has 1 aliphatic carbocycles. The van der Waals surface area contributed by atoms with Gasteiger partial charge in [0, 0.05) is 29.6 Å².